The SMILES string of the molecule is CC(C)(C)OC(=O)n1c(Cn2cccc(N)c2=O)nc2c(Oc3ccccc3)c(F)c(F)cc21. The molecule has 0 aliphatic rings. The molecule has 4 aromatic rings. The molecule has 0 saturated heterocycles. The maximum atomic E-state index is 14.8. The predicted molar refractivity (Wildman–Crippen MR) is 122 cm³/mol. The highest BCUT2D eigenvalue weighted by atomic mass is 19.2. The van der Waals surface area contributed by atoms with Gasteiger partial charge in [-0.05, 0) is 45.0 Å². The summed E-state index contributed by atoms with van der Waals surface area (Å²) in [6, 6.07) is 12.0. The van der Waals surface area contributed by atoms with Gasteiger partial charge in [-0.2, -0.15) is 4.39 Å². The molecule has 0 saturated carbocycles. The van der Waals surface area contributed by atoms with Crippen LogP contribution in [0.3, 0.4) is 0 Å². The van der Waals surface area contributed by atoms with E-state index in [9.17, 15) is 18.4 Å². The Balaban J connectivity index is 1.94. The summed E-state index contributed by atoms with van der Waals surface area (Å²) >= 11 is 0. The quantitative estimate of drug-likeness (QED) is 0.467. The van der Waals surface area contributed by atoms with Crippen molar-refractivity contribution in [3.8, 4) is 11.5 Å². The van der Waals surface area contributed by atoms with Gasteiger partial charge < -0.3 is 19.8 Å². The van der Waals surface area contributed by atoms with Crippen LogP contribution in [-0.4, -0.2) is 25.8 Å². The van der Waals surface area contributed by atoms with Crippen molar-refractivity contribution in [3.63, 3.8) is 0 Å². The van der Waals surface area contributed by atoms with Gasteiger partial charge in [0, 0.05) is 12.3 Å². The molecule has 0 radical (unpaired) electrons. The molecule has 8 nitrogen and oxygen atoms in total. The lowest BCUT2D eigenvalue weighted by molar-refractivity contribution is 0.0538. The van der Waals surface area contributed by atoms with Gasteiger partial charge in [0.05, 0.1) is 17.7 Å². The molecule has 0 fully saturated rings. The molecule has 34 heavy (non-hydrogen) atoms. The van der Waals surface area contributed by atoms with Crippen LogP contribution in [0.2, 0.25) is 0 Å². The number of hydrogen-bond donors (Lipinski definition) is 1. The van der Waals surface area contributed by atoms with Crippen molar-refractivity contribution in [2.45, 2.75) is 32.9 Å². The van der Waals surface area contributed by atoms with Crippen molar-refractivity contribution in [2.24, 2.45) is 0 Å². The number of ether oxygens (including phenoxy) is 2. The largest absolute Gasteiger partial charge is 0.452 e. The van der Waals surface area contributed by atoms with Crippen LogP contribution < -0.4 is 16.0 Å². The highest BCUT2D eigenvalue weighted by molar-refractivity contribution is 5.91. The number of anilines is 1. The highest BCUT2D eigenvalue weighted by Gasteiger charge is 2.28. The van der Waals surface area contributed by atoms with E-state index in [1.165, 1.54) is 16.8 Å². The Hall–Kier alpha value is -4.21. The van der Waals surface area contributed by atoms with Crippen LogP contribution >= 0.6 is 0 Å². The van der Waals surface area contributed by atoms with Crippen LogP contribution in [0.5, 0.6) is 11.5 Å². The normalized spacial score (nSPS) is 11.6. The fourth-order valence-corrected chi connectivity index (χ4v) is 3.33. The second-order valence-electron chi connectivity index (χ2n) is 8.52. The molecule has 0 aliphatic heterocycles. The number of aromatic nitrogens is 3. The number of rotatable bonds is 4. The van der Waals surface area contributed by atoms with E-state index in [1.54, 1.807) is 57.2 Å². The smallest absolute Gasteiger partial charge is 0.420 e. The zero-order chi connectivity index (χ0) is 24.6. The number of carbonyl (C=O) groups excluding carboxylic acids is 1. The van der Waals surface area contributed by atoms with Gasteiger partial charge in [0.2, 0.25) is 5.82 Å². The van der Waals surface area contributed by atoms with E-state index in [2.05, 4.69) is 4.98 Å². The van der Waals surface area contributed by atoms with Crippen molar-refractivity contribution in [3.05, 3.63) is 82.5 Å². The Morgan fingerprint density at radius 3 is 2.50 bits per heavy atom. The van der Waals surface area contributed by atoms with E-state index >= 15 is 0 Å². The summed E-state index contributed by atoms with van der Waals surface area (Å²) < 4.78 is 42.8. The fourth-order valence-electron chi connectivity index (χ4n) is 3.33. The predicted octanol–water partition coefficient (Wildman–Crippen LogP) is 4.68. The topological polar surface area (TPSA) is 101 Å². The average molecular weight is 468 g/mol. The second-order valence-corrected chi connectivity index (χ2v) is 8.52. The van der Waals surface area contributed by atoms with Crippen molar-refractivity contribution in [1.82, 2.24) is 14.1 Å². The number of hydrogen-bond acceptors (Lipinski definition) is 6. The Labute approximate surface area is 193 Å². The first kappa shape index (κ1) is 23.0. The third-order valence-electron chi connectivity index (χ3n) is 4.77. The van der Waals surface area contributed by atoms with Gasteiger partial charge in [0.25, 0.3) is 5.56 Å². The molecule has 2 N–H and O–H groups in total. The molecule has 10 heteroatoms. The van der Waals surface area contributed by atoms with Crippen LogP contribution in [0.25, 0.3) is 11.0 Å². The average Bonchev–Trinajstić information content (AvgIpc) is 3.12. The highest BCUT2D eigenvalue weighted by Crippen LogP contribution is 2.35. The Morgan fingerprint density at radius 2 is 1.82 bits per heavy atom. The molecular weight excluding hydrogens is 446 g/mol. The molecule has 2 heterocycles. The number of nitrogens with two attached hydrogens (primary N) is 1. The molecular formula is C24H22F2N4O4. The number of carbonyl (C=O) groups is 1. The van der Waals surface area contributed by atoms with E-state index in [0.29, 0.717) is 0 Å². The molecule has 0 spiro atoms. The standard InChI is InChI=1S/C24H22F2N4O4/c1-24(2,3)34-23(32)30-17-12-15(25)19(26)21(33-14-8-5-4-6-9-14)20(17)28-18(30)13-29-11-7-10-16(27)22(29)31/h4-12H,13,27H2,1-3H3. The van der Waals surface area contributed by atoms with Crippen LogP contribution in [-0.2, 0) is 11.3 Å². The van der Waals surface area contributed by atoms with Crippen molar-refractivity contribution >= 4 is 22.8 Å². The van der Waals surface area contributed by atoms with Crippen LogP contribution in [0.15, 0.2) is 59.5 Å². The van der Waals surface area contributed by atoms with Gasteiger partial charge in [0.15, 0.2) is 11.6 Å². The summed E-state index contributed by atoms with van der Waals surface area (Å²) in [4.78, 5) is 29.9. The number of imidazole rings is 1. The molecule has 0 aliphatic carbocycles. The Kier molecular flexibility index (Phi) is 5.82. The van der Waals surface area contributed by atoms with E-state index in [-0.39, 0.29) is 34.8 Å². The number of pyridine rings is 1. The van der Waals surface area contributed by atoms with Gasteiger partial charge in [-0.25, -0.2) is 18.7 Å². The molecule has 4 rings (SSSR count). The van der Waals surface area contributed by atoms with E-state index < -0.39 is 34.6 Å². The first-order valence-corrected chi connectivity index (χ1v) is 10.4. The second kappa shape index (κ2) is 8.62. The first-order valence-electron chi connectivity index (χ1n) is 10.4. The maximum absolute atomic E-state index is 14.8. The summed E-state index contributed by atoms with van der Waals surface area (Å²) in [6.45, 7) is 4.77. The molecule has 2 aromatic heterocycles. The van der Waals surface area contributed by atoms with Gasteiger partial charge in [-0.3, -0.25) is 4.79 Å². The summed E-state index contributed by atoms with van der Waals surface area (Å²) in [5.74, 6) is -2.76. The van der Waals surface area contributed by atoms with E-state index in [4.69, 9.17) is 15.2 Å². The Morgan fingerprint density at radius 1 is 1.12 bits per heavy atom. The zero-order valence-electron chi connectivity index (χ0n) is 18.7. The van der Waals surface area contributed by atoms with Crippen LogP contribution in [0.4, 0.5) is 19.3 Å². The monoisotopic (exact) mass is 468 g/mol. The third kappa shape index (κ3) is 4.47. The lowest BCUT2D eigenvalue weighted by atomic mass is 10.2. The van der Waals surface area contributed by atoms with Crippen LogP contribution in [0.1, 0.15) is 26.6 Å². The summed E-state index contributed by atoms with van der Waals surface area (Å²) in [7, 11) is 0. The van der Waals surface area contributed by atoms with E-state index in [0.717, 1.165) is 10.6 Å². The number of nitrogens with zero attached hydrogens (tertiary/aromatic N) is 3. The van der Waals surface area contributed by atoms with Crippen molar-refractivity contribution in [1.29, 1.82) is 0 Å². The molecule has 0 bridgehead atoms. The number of nitrogen functional groups attached to an aromatic ring is 1. The maximum Gasteiger partial charge on any atom is 0.420 e. The lowest BCUT2D eigenvalue weighted by Crippen LogP contribution is -2.30. The molecule has 0 unspecified atom stereocenters. The minimum atomic E-state index is -1.27. The number of benzene rings is 2. The summed E-state index contributed by atoms with van der Waals surface area (Å²) in [6.07, 6.45) is 0.582. The molecule has 0 amide bonds. The first-order chi connectivity index (χ1) is 16.0. The van der Waals surface area contributed by atoms with Gasteiger partial charge in [-0.15, -0.1) is 0 Å². The summed E-state index contributed by atoms with van der Waals surface area (Å²) in [5, 5.41) is 0. The Bertz CT molecular complexity index is 1440. The van der Waals surface area contributed by atoms with E-state index in [1.807, 2.05) is 0 Å². The molecule has 0 atom stereocenters. The van der Waals surface area contributed by atoms with Crippen molar-refractivity contribution in [2.75, 3.05) is 5.73 Å². The van der Waals surface area contributed by atoms with Gasteiger partial charge in [-0.1, -0.05) is 18.2 Å². The van der Waals surface area contributed by atoms with Crippen molar-refractivity contribution < 1.29 is 23.0 Å². The third-order valence-corrected chi connectivity index (χ3v) is 4.77. The molecule has 2 aromatic carbocycles. The fraction of sp³-hybridized carbons (Fsp3) is 0.208. The lowest BCUT2D eigenvalue weighted by Gasteiger charge is -2.20. The zero-order valence-corrected chi connectivity index (χ0v) is 18.7. The van der Waals surface area contributed by atoms with Crippen LogP contribution in [0, 0.1) is 11.6 Å². The number of halogens is 2. The summed E-state index contributed by atoms with van der Waals surface area (Å²) in [5.41, 5.74) is 4.12. The van der Waals surface area contributed by atoms with Gasteiger partial charge >= 0.3 is 6.09 Å². The molecule has 176 valence electrons. The van der Waals surface area contributed by atoms with Gasteiger partial charge in [0.1, 0.15) is 22.7 Å². The number of para-hydroxylation sites is 1. The number of fused-ring (bicyclic) bond motifs is 1. The minimum Gasteiger partial charge on any atom is -0.452 e. The minimum absolute atomic E-state index is 0.000128.